The van der Waals surface area contributed by atoms with E-state index in [1.54, 1.807) is 0 Å². The topological polar surface area (TPSA) is 55.1 Å². The van der Waals surface area contributed by atoms with E-state index in [4.69, 9.17) is 4.42 Å². The SMILES string of the molecule is O=C(CSc1nc2ccccc2o1)NC(Cc1ccccc1)c1ccccc1. The van der Waals surface area contributed by atoms with Crippen LogP contribution in [0.15, 0.2) is 94.6 Å². The van der Waals surface area contributed by atoms with Gasteiger partial charge in [0.1, 0.15) is 5.52 Å². The van der Waals surface area contributed by atoms with Gasteiger partial charge in [-0.05, 0) is 29.7 Å². The van der Waals surface area contributed by atoms with E-state index in [-0.39, 0.29) is 17.7 Å². The molecule has 140 valence electrons. The van der Waals surface area contributed by atoms with Crippen molar-refractivity contribution in [3.8, 4) is 0 Å². The molecular weight excluding hydrogens is 368 g/mol. The van der Waals surface area contributed by atoms with Gasteiger partial charge in [-0.3, -0.25) is 4.79 Å². The number of hydrogen-bond acceptors (Lipinski definition) is 4. The zero-order chi connectivity index (χ0) is 19.2. The van der Waals surface area contributed by atoms with Crippen molar-refractivity contribution in [2.45, 2.75) is 17.7 Å². The maximum absolute atomic E-state index is 12.6. The van der Waals surface area contributed by atoms with Gasteiger partial charge in [0.25, 0.3) is 5.22 Å². The van der Waals surface area contributed by atoms with E-state index >= 15 is 0 Å². The number of nitrogens with zero attached hydrogens (tertiary/aromatic N) is 1. The number of hydrogen-bond donors (Lipinski definition) is 1. The molecule has 1 amide bonds. The van der Waals surface area contributed by atoms with Gasteiger partial charge in [-0.2, -0.15) is 0 Å². The lowest BCUT2D eigenvalue weighted by Gasteiger charge is -2.19. The predicted molar refractivity (Wildman–Crippen MR) is 112 cm³/mol. The molecule has 4 rings (SSSR count). The van der Waals surface area contributed by atoms with Crippen LogP contribution in [0.4, 0.5) is 0 Å². The molecule has 0 aliphatic heterocycles. The molecule has 5 heteroatoms. The lowest BCUT2D eigenvalue weighted by Crippen LogP contribution is -2.31. The second kappa shape index (κ2) is 8.76. The predicted octanol–water partition coefficient (Wildman–Crippen LogP) is 5.02. The highest BCUT2D eigenvalue weighted by atomic mass is 32.2. The smallest absolute Gasteiger partial charge is 0.257 e. The molecule has 1 aromatic heterocycles. The van der Waals surface area contributed by atoms with Crippen LogP contribution < -0.4 is 5.32 Å². The Labute approximate surface area is 168 Å². The Kier molecular flexibility index (Phi) is 5.73. The third-order valence-corrected chi connectivity index (χ3v) is 5.25. The van der Waals surface area contributed by atoms with Crippen molar-refractivity contribution in [3.63, 3.8) is 0 Å². The van der Waals surface area contributed by atoms with Gasteiger partial charge in [0.2, 0.25) is 5.91 Å². The largest absolute Gasteiger partial charge is 0.431 e. The first-order valence-corrected chi connectivity index (χ1v) is 10.1. The highest BCUT2D eigenvalue weighted by molar-refractivity contribution is 7.99. The Morgan fingerprint density at radius 1 is 0.929 bits per heavy atom. The monoisotopic (exact) mass is 388 g/mol. The first kappa shape index (κ1) is 18.3. The van der Waals surface area contributed by atoms with Crippen molar-refractivity contribution in [1.29, 1.82) is 0 Å². The Hall–Kier alpha value is -3.05. The fraction of sp³-hybridized carbons (Fsp3) is 0.130. The number of fused-ring (bicyclic) bond motifs is 1. The van der Waals surface area contributed by atoms with Gasteiger partial charge in [-0.1, -0.05) is 84.6 Å². The van der Waals surface area contributed by atoms with Crippen molar-refractivity contribution in [1.82, 2.24) is 10.3 Å². The number of amides is 1. The summed E-state index contributed by atoms with van der Waals surface area (Å²) >= 11 is 1.31. The molecule has 3 aromatic carbocycles. The highest BCUT2D eigenvalue weighted by Crippen LogP contribution is 2.24. The minimum Gasteiger partial charge on any atom is -0.431 e. The lowest BCUT2D eigenvalue weighted by molar-refractivity contribution is -0.119. The molecule has 0 bridgehead atoms. The molecular formula is C23H20N2O2S. The second-order valence-corrected chi connectivity index (χ2v) is 7.38. The Bertz CT molecular complexity index is 1010. The number of carbonyl (C=O) groups is 1. The molecule has 1 heterocycles. The second-order valence-electron chi connectivity index (χ2n) is 6.46. The number of benzene rings is 3. The number of para-hydroxylation sites is 2. The van der Waals surface area contributed by atoms with E-state index in [0.29, 0.717) is 5.22 Å². The summed E-state index contributed by atoms with van der Waals surface area (Å²) in [7, 11) is 0. The Morgan fingerprint density at radius 3 is 2.36 bits per heavy atom. The minimum atomic E-state index is -0.0830. The molecule has 0 aliphatic rings. The lowest BCUT2D eigenvalue weighted by atomic mass is 9.99. The normalized spacial score (nSPS) is 12.0. The first-order chi connectivity index (χ1) is 13.8. The number of oxazole rings is 1. The quantitative estimate of drug-likeness (QED) is 0.452. The van der Waals surface area contributed by atoms with Gasteiger partial charge in [0, 0.05) is 0 Å². The molecule has 28 heavy (non-hydrogen) atoms. The maximum Gasteiger partial charge on any atom is 0.257 e. The molecule has 4 aromatic rings. The Morgan fingerprint density at radius 2 is 1.61 bits per heavy atom. The van der Waals surface area contributed by atoms with Crippen LogP contribution in [-0.4, -0.2) is 16.6 Å². The number of carbonyl (C=O) groups excluding carboxylic acids is 1. The van der Waals surface area contributed by atoms with E-state index in [1.807, 2.05) is 72.8 Å². The van der Waals surface area contributed by atoms with E-state index in [0.717, 1.165) is 23.1 Å². The van der Waals surface area contributed by atoms with E-state index < -0.39 is 0 Å². The average Bonchev–Trinajstić information content (AvgIpc) is 3.16. The zero-order valence-corrected chi connectivity index (χ0v) is 16.1. The maximum atomic E-state index is 12.6. The van der Waals surface area contributed by atoms with Crippen LogP contribution in [0.1, 0.15) is 17.2 Å². The number of thioether (sulfide) groups is 1. The molecule has 4 nitrogen and oxygen atoms in total. The molecule has 0 fully saturated rings. The molecule has 0 radical (unpaired) electrons. The fourth-order valence-electron chi connectivity index (χ4n) is 3.06. The minimum absolute atomic E-state index is 0.0444. The van der Waals surface area contributed by atoms with Gasteiger partial charge in [0.15, 0.2) is 5.58 Å². The van der Waals surface area contributed by atoms with Gasteiger partial charge in [-0.15, -0.1) is 0 Å². The van der Waals surface area contributed by atoms with Gasteiger partial charge < -0.3 is 9.73 Å². The van der Waals surface area contributed by atoms with Crippen molar-refractivity contribution in [3.05, 3.63) is 96.1 Å². The summed E-state index contributed by atoms with van der Waals surface area (Å²) in [4.78, 5) is 17.0. The standard InChI is InChI=1S/C23H20N2O2S/c26-22(16-28-23-25-19-13-7-8-14-21(19)27-23)24-20(18-11-5-2-6-12-18)15-17-9-3-1-4-10-17/h1-14,20H,15-16H2,(H,24,26). The van der Waals surface area contributed by atoms with Crippen LogP contribution in [-0.2, 0) is 11.2 Å². The van der Waals surface area contributed by atoms with E-state index in [2.05, 4.69) is 22.4 Å². The van der Waals surface area contributed by atoms with Crippen LogP contribution in [0.2, 0.25) is 0 Å². The summed E-state index contributed by atoms with van der Waals surface area (Å²) < 4.78 is 5.68. The van der Waals surface area contributed by atoms with Crippen molar-refractivity contribution in [2.75, 3.05) is 5.75 Å². The summed E-state index contributed by atoms with van der Waals surface area (Å²) in [6.07, 6.45) is 0.740. The summed E-state index contributed by atoms with van der Waals surface area (Å²) in [5.74, 6) is 0.210. The van der Waals surface area contributed by atoms with Crippen molar-refractivity contribution >= 4 is 28.8 Å². The average molecular weight is 388 g/mol. The zero-order valence-electron chi connectivity index (χ0n) is 15.2. The summed E-state index contributed by atoms with van der Waals surface area (Å²) in [5.41, 5.74) is 3.81. The molecule has 1 N–H and O–H groups in total. The van der Waals surface area contributed by atoms with Crippen LogP contribution in [0.3, 0.4) is 0 Å². The van der Waals surface area contributed by atoms with Gasteiger partial charge in [0.05, 0.1) is 11.8 Å². The van der Waals surface area contributed by atoms with Crippen LogP contribution in [0.25, 0.3) is 11.1 Å². The molecule has 1 atom stereocenters. The molecule has 1 unspecified atom stereocenters. The first-order valence-electron chi connectivity index (χ1n) is 9.14. The summed E-state index contributed by atoms with van der Waals surface area (Å²) in [6.45, 7) is 0. The van der Waals surface area contributed by atoms with E-state index in [9.17, 15) is 4.79 Å². The van der Waals surface area contributed by atoms with Gasteiger partial charge >= 0.3 is 0 Å². The highest BCUT2D eigenvalue weighted by Gasteiger charge is 2.16. The van der Waals surface area contributed by atoms with Crippen molar-refractivity contribution in [2.24, 2.45) is 0 Å². The Balaban J connectivity index is 1.42. The number of rotatable bonds is 7. The molecule has 0 saturated heterocycles. The number of nitrogens with one attached hydrogen (secondary N) is 1. The van der Waals surface area contributed by atoms with Crippen molar-refractivity contribution < 1.29 is 9.21 Å². The third-order valence-electron chi connectivity index (χ3n) is 4.42. The summed E-state index contributed by atoms with van der Waals surface area (Å²) in [6, 6.07) is 27.7. The van der Waals surface area contributed by atoms with Crippen LogP contribution in [0, 0.1) is 0 Å². The third kappa shape index (κ3) is 4.61. The van der Waals surface area contributed by atoms with E-state index in [1.165, 1.54) is 17.3 Å². The number of aromatic nitrogens is 1. The van der Waals surface area contributed by atoms with Crippen LogP contribution >= 0.6 is 11.8 Å². The molecule has 0 spiro atoms. The molecule has 0 aliphatic carbocycles. The summed E-state index contributed by atoms with van der Waals surface area (Å²) in [5, 5.41) is 3.67. The van der Waals surface area contributed by atoms with Gasteiger partial charge in [-0.25, -0.2) is 4.98 Å². The fourth-order valence-corrected chi connectivity index (χ4v) is 3.71. The molecule has 0 saturated carbocycles. The van der Waals surface area contributed by atoms with Crippen LogP contribution in [0.5, 0.6) is 0 Å².